The monoisotopic (exact) mass is 415 g/mol. The zero-order valence-corrected chi connectivity index (χ0v) is 18.5. The van der Waals surface area contributed by atoms with E-state index in [1.165, 1.54) is 12.8 Å². The van der Waals surface area contributed by atoms with Crippen LogP contribution in [0, 0.1) is 5.92 Å². The highest BCUT2D eigenvalue weighted by molar-refractivity contribution is 5.92. The molecule has 3 heterocycles. The summed E-state index contributed by atoms with van der Waals surface area (Å²) >= 11 is 0. The highest BCUT2D eigenvalue weighted by Gasteiger charge is 2.33. The minimum Gasteiger partial charge on any atom is -0.390 e. The van der Waals surface area contributed by atoms with Crippen LogP contribution in [0.1, 0.15) is 50.0 Å². The molecule has 1 amide bonds. The Labute approximate surface area is 180 Å². The number of likely N-dealkylation sites (tertiary alicyclic amines) is 1. The van der Waals surface area contributed by atoms with Gasteiger partial charge in [-0.15, -0.1) is 0 Å². The predicted molar refractivity (Wildman–Crippen MR) is 119 cm³/mol. The van der Waals surface area contributed by atoms with Crippen LogP contribution < -0.4 is 10.2 Å². The second-order valence-corrected chi connectivity index (χ2v) is 9.42. The molecule has 3 fully saturated rings. The van der Waals surface area contributed by atoms with Gasteiger partial charge in [-0.3, -0.25) is 14.6 Å². The Morgan fingerprint density at radius 2 is 2.00 bits per heavy atom. The van der Waals surface area contributed by atoms with Crippen LogP contribution >= 0.6 is 0 Å². The molecule has 2 aliphatic heterocycles. The molecule has 0 unspecified atom stereocenters. The van der Waals surface area contributed by atoms with E-state index in [9.17, 15) is 9.90 Å². The Morgan fingerprint density at radius 3 is 2.73 bits per heavy atom. The van der Waals surface area contributed by atoms with E-state index in [-0.39, 0.29) is 18.1 Å². The molecule has 4 rings (SSSR count). The summed E-state index contributed by atoms with van der Waals surface area (Å²) < 4.78 is 0. The predicted octanol–water partition coefficient (Wildman–Crippen LogP) is 1.58. The van der Waals surface area contributed by atoms with Crippen molar-refractivity contribution >= 4 is 11.7 Å². The average molecular weight is 416 g/mol. The van der Waals surface area contributed by atoms with Crippen LogP contribution in [0.15, 0.2) is 18.2 Å². The Hall–Kier alpha value is -1.70. The van der Waals surface area contributed by atoms with Crippen LogP contribution in [0.25, 0.3) is 0 Å². The first-order chi connectivity index (χ1) is 14.5. The number of hydrogen-bond donors (Lipinski definition) is 2. The lowest BCUT2D eigenvalue weighted by Gasteiger charge is -2.42. The first-order valence-electron chi connectivity index (χ1n) is 11.7. The summed E-state index contributed by atoms with van der Waals surface area (Å²) in [4.78, 5) is 24.2. The first kappa shape index (κ1) is 21.5. The molecule has 3 aliphatic rings. The Balaban J connectivity index is 1.34. The van der Waals surface area contributed by atoms with Crippen molar-refractivity contribution in [2.75, 3.05) is 50.7 Å². The number of pyridine rings is 1. The smallest absolute Gasteiger partial charge is 0.269 e. The number of anilines is 1. The minimum absolute atomic E-state index is 0.0692. The van der Waals surface area contributed by atoms with Crippen LogP contribution in [0.2, 0.25) is 0 Å². The van der Waals surface area contributed by atoms with Crippen LogP contribution in [-0.2, 0) is 0 Å². The van der Waals surface area contributed by atoms with Crippen molar-refractivity contribution in [2.24, 2.45) is 5.92 Å². The van der Waals surface area contributed by atoms with E-state index >= 15 is 0 Å². The van der Waals surface area contributed by atoms with E-state index < -0.39 is 0 Å². The lowest BCUT2D eigenvalue weighted by atomic mass is 9.98. The van der Waals surface area contributed by atoms with Crippen molar-refractivity contribution in [3.8, 4) is 0 Å². The molecule has 0 radical (unpaired) electrons. The number of amides is 1. The molecule has 0 aromatic carbocycles. The number of piperidine rings is 1. The fraction of sp³-hybridized carbons (Fsp3) is 0.739. The fourth-order valence-electron chi connectivity index (χ4n) is 4.71. The molecular weight excluding hydrogens is 378 g/mol. The zero-order chi connectivity index (χ0) is 21.1. The Bertz CT molecular complexity index is 723. The number of nitrogens with zero attached hydrogens (tertiary/aromatic N) is 4. The van der Waals surface area contributed by atoms with Gasteiger partial charge >= 0.3 is 0 Å². The van der Waals surface area contributed by atoms with Crippen molar-refractivity contribution in [1.29, 1.82) is 0 Å². The summed E-state index contributed by atoms with van der Waals surface area (Å²) in [6, 6.07) is 6.47. The van der Waals surface area contributed by atoms with Gasteiger partial charge in [-0.05, 0) is 57.6 Å². The normalized spacial score (nSPS) is 26.6. The molecule has 7 heteroatoms. The number of hydrogen-bond acceptors (Lipinski definition) is 6. The number of aromatic nitrogens is 1. The number of carbonyl (C=O) groups is 1. The van der Waals surface area contributed by atoms with Gasteiger partial charge in [-0.2, -0.15) is 0 Å². The second-order valence-electron chi connectivity index (χ2n) is 9.42. The summed E-state index contributed by atoms with van der Waals surface area (Å²) in [5, 5.41) is 13.8. The molecular formula is C23H37N5O2. The molecule has 2 atom stereocenters. The maximum atomic E-state index is 12.4. The molecule has 0 spiro atoms. The topological polar surface area (TPSA) is 71.9 Å². The van der Waals surface area contributed by atoms with Gasteiger partial charge in [0, 0.05) is 57.9 Å². The van der Waals surface area contributed by atoms with Crippen molar-refractivity contribution in [1.82, 2.24) is 20.1 Å². The highest BCUT2D eigenvalue weighted by atomic mass is 16.3. The molecule has 30 heavy (non-hydrogen) atoms. The van der Waals surface area contributed by atoms with Crippen molar-refractivity contribution in [2.45, 2.75) is 57.7 Å². The first-order valence-corrected chi connectivity index (χ1v) is 11.7. The maximum absolute atomic E-state index is 12.4. The summed E-state index contributed by atoms with van der Waals surface area (Å²) in [6.07, 6.45) is 4.22. The molecule has 7 nitrogen and oxygen atoms in total. The molecule has 1 aromatic rings. The van der Waals surface area contributed by atoms with Gasteiger partial charge in [0.15, 0.2) is 0 Å². The number of carbonyl (C=O) groups excluding carboxylic acids is 1. The fourth-order valence-corrected chi connectivity index (χ4v) is 4.71. The summed E-state index contributed by atoms with van der Waals surface area (Å²) in [6.45, 7) is 10.7. The van der Waals surface area contributed by atoms with Crippen LogP contribution in [0.4, 0.5) is 5.82 Å². The van der Waals surface area contributed by atoms with Gasteiger partial charge < -0.3 is 15.3 Å². The lowest BCUT2D eigenvalue weighted by molar-refractivity contribution is -0.0196. The summed E-state index contributed by atoms with van der Waals surface area (Å²) in [7, 11) is 0. The van der Waals surface area contributed by atoms with Crippen molar-refractivity contribution in [3.63, 3.8) is 0 Å². The molecule has 166 valence electrons. The molecule has 2 saturated heterocycles. The van der Waals surface area contributed by atoms with Crippen molar-refractivity contribution in [3.05, 3.63) is 23.9 Å². The summed E-state index contributed by atoms with van der Waals surface area (Å²) in [5.74, 6) is 1.47. The van der Waals surface area contributed by atoms with Gasteiger partial charge in [0.2, 0.25) is 0 Å². The number of aliphatic hydroxyl groups excluding tert-OH is 1. The third kappa shape index (κ3) is 5.31. The Kier molecular flexibility index (Phi) is 6.91. The number of nitrogens with one attached hydrogen (secondary N) is 1. The van der Waals surface area contributed by atoms with Gasteiger partial charge in [-0.1, -0.05) is 6.07 Å². The zero-order valence-electron chi connectivity index (χ0n) is 18.5. The SMILES string of the molecule is CC(C)N1CC[C@@H](N2CCCN(c3cccc(C(=O)NCC4CC4)n3)CC2)[C@H](O)C1. The quantitative estimate of drug-likeness (QED) is 0.735. The van der Waals surface area contributed by atoms with Gasteiger partial charge in [0.05, 0.1) is 6.10 Å². The number of β-amino-alcohol motifs (C(OH)–C–C–N with tert-alkyl or cyclic N) is 1. The number of rotatable bonds is 6. The summed E-state index contributed by atoms with van der Waals surface area (Å²) in [5.41, 5.74) is 0.505. The van der Waals surface area contributed by atoms with Gasteiger partial charge in [-0.25, -0.2) is 4.98 Å². The van der Waals surface area contributed by atoms with E-state index in [0.717, 1.165) is 64.5 Å². The standard InChI is InChI=1S/C23H37N5O2/c1-17(2)28-12-9-20(21(29)16-28)26-10-4-11-27(14-13-26)22-6-3-5-19(25-22)23(30)24-15-18-7-8-18/h3,5-6,17-18,20-21,29H,4,7-16H2,1-2H3,(H,24,30)/t20-,21-/m1/s1. The van der Waals surface area contributed by atoms with Gasteiger partial charge in [0.25, 0.3) is 5.91 Å². The number of aliphatic hydroxyl groups is 1. The second kappa shape index (κ2) is 9.62. The van der Waals surface area contributed by atoms with Crippen LogP contribution in [0.5, 0.6) is 0 Å². The van der Waals surface area contributed by atoms with Crippen LogP contribution in [-0.4, -0.2) is 89.8 Å². The molecule has 0 bridgehead atoms. The van der Waals surface area contributed by atoms with E-state index in [1.807, 2.05) is 12.1 Å². The third-order valence-corrected chi connectivity index (χ3v) is 6.85. The van der Waals surface area contributed by atoms with E-state index in [1.54, 1.807) is 6.07 Å². The maximum Gasteiger partial charge on any atom is 0.269 e. The minimum atomic E-state index is -0.288. The molecule has 2 N–H and O–H groups in total. The van der Waals surface area contributed by atoms with E-state index in [2.05, 4.69) is 38.8 Å². The van der Waals surface area contributed by atoms with E-state index in [0.29, 0.717) is 17.7 Å². The largest absolute Gasteiger partial charge is 0.390 e. The van der Waals surface area contributed by atoms with E-state index in [4.69, 9.17) is 0 Å². The van der Waals surface area contributed by atoms with Gasteiger partial charge in [0.1, 0.15) is 11.5 Å². The van der Waals surface area contributed by atoms with Crippen LogP contribution in [0.3, 0.4) is 0 Å². The highest BCUT2D eigenvalue weighted by Crippen LogP contribution is 2.27. The average Bonchev–Trinajstić information content (AvgIpc) is 3.59. The molecule has 1 saturated carbocycles. The molecule has 1 aliphatic carbocycles. The Morgan fingerprint density at radius 1 is 1.17 bits per heavy atom. The lowest BCUT2D eigenvalue weighted by Crippen LogP contribution is -2.56. The molecule has 1 aromatic heterocycles. The van der Waals surface area contributed by atoms with Crippen molar-refractivity contribution < 1.29 is 9.90 Å². The third-order valence-electron chi connectivity index (χ3n) is 6.85.